The largest absolute Gasteiger partial charge is 0.374 e. The van der Waals surface area contributed by atoms with E-state index in [1.54, 1.807) is 0 Å². The van der Waals surface area contributed by atoms with Crippen LogP contribution in [-0.4, -0.2) is 28.3 Å². The standard InChI is InChI=1S/C18H25N3O2/c1-18(9-12-4-5-15(18)23-12)17(22)19-16-8-14(20-21-16)13-7-10-2-3-11(13)6-10/h8,10-13,15H,2-7,9H2,1H3,(H2,19,20,21,22). The third-order valence-electron chi connectivity index (χ3n) is 6.97. The van der Waals surface area contributed by atoms with Crippen molar-refractivity contribution in [2.24, 2.45) is 17.3 Å². The van der Waals surface area contributed by atoms with Gasteiger partial charge in [0.05, 0.1) is 17.6 Å². The van der Waals surface area contributed by atoms with Gasteiger partial charge in [0, 0.05) is 17.7 Å². The van der Waals surface area contributed by atoms with Crippen LogP contribution in [0.1, 0.15) is 63.5 Å². The Kier molecular flexibility index (Phi) is 2.94. The van der Waals surface area contributed by atoms with Gasteiger partial charge in [-0.05, 0) is 57.3 Å². The Balaban J connectivity index is 1.29. The number of anilines is 1. The first-order chi connectivity index (χ1) is 11.1. The van der Waals surface area contributed by atoms with Crippen molar-refractivity contribution < 1.29 is 9.53 Å². The van der Waals surface area contributed by atoms with Crippen LogP contribution in [0.25, 0.3) is 0 Å². The van der Waals surface area contributed by atoms with Crippen molar-refractivity contribution in [3.8, 4) is 0 Å². The Morgan fingerprint density at radius 2 is 2.26 bits per heavy atom. The fourth-order valence-corrected chi connectivity index (χ4v) is 5.64. The van der Waals surface area contributed by atoms with Crippen molar-refractivity contribution in [3.63, 3.8) is 0 Å². The smallest absolute Gasteiger partial charge is 0.234 e. The van der Waals surface area contributed by atoms with E-state index >= 15 is 0 Å². The van der Waals surface area contributed by atoms with Gasteiger partial charge in [-0.25, -0.2) is 0 Å². The highest BCUT2D eigenvalue weighted by molar-refractivity contribution is 5.95. The van der Waals surface area contributed by atoms with Crippen molar-refractivity contribution in [2.75, 3.05) is 5.32 Å². The second kappa shape index (κ2) is 4.82. The normalized spacial score (nSPS) is 44.1. The minimum Gasteiger partial charge on any atom is -0.374 e. The quantitative estimate of drug-likeness (QED) is 0.900. The van der Waals surface area contributed by atoms with Crippen LogP contribution < -0.4 is 5.32 Å². The molecule has 1 aromatic heterocycles. The van der Waals surface area contributed by atoms with Crippen molar-refractivity contribution in [3.05, 3.63) is 11.8 Å². The van der Waals surface area contributed by atoms with Gasteiger partial charge in [0.15, 0.2) is 5.82 Å². The van der Waals surface area contributed by atoms with E-state index < -0.39 is 5.41 Å². The summed E-state index contributed by atoms with van der Waals surface area (Å²) in [4.78, 5) is 12.7. The van der Waals surface area contributed by atoms with E-state index in [0.717, 1.165) is 31.1 Å². The minimum absolute atomic E-state index is 0.0655. The van der Waals surface area contributed by atoms with Crippen LogP contribution in [0.2, 0.25) is 0 Å². The Morgan fingerprint density at radius 1 is 1.35 bits per heavy atom. The highest BCUT2D eigenvalue weighted by Gasteiger charge is 2.54. The lowest BCUT2D eigenvalue weighted by Gasteiger charge is -2.29. The van der Waals surface area contributed by atoms with E-state index in [4.69, 9.17) is 4.74 Å². The number of ether oxygens (including phenoxy) is 1. The summed E-state index contributed by atoms with van der Waals surface area (Å²) in [5, 5.41) is 10.6. The lowest BCUT2D eigenvalue weighted by atomic mass is 9.75. The summed E-state index contributed by atoms with van der Waals surface area (Å²) < 4.78 is 5.88. The van der Waals surface area contributed by atoms with Crippen LogP contribution in [0.4, 0.5) is 5.82 Å². The first-order valence-electron chi connectivity index (χ1n) is 9.14. The molecule has 3 heterocycles. The Morgan fingerprint density at radius 3 is 2.91 bits per heavy atom. The van der Waals surface area contributed by atoms with Gasteiger partial charge in [0.1, 0.15) is 0 Å². The SMILES string of the molecule is CC1(C(=O)Nc2cc(C3CC4CCC3C4)[nH]n2)CC2CCC1O2. The summed E-state index contributed by atoms with van der Waals surface area (Å²) in [7, 11) is 0. The molecule has 2 aliphatic heterocycles. The van der Waals surface area contributed by atoms with E-state index in [0.29, 0.717) is 11.7 Å². The lowest BCUT2D eigenvalue weighted by molar-refractivity contribution is -0.127. The van der Waals surface area contributed by atoms with E-state index in [-0.39, 0.29) is 18.1 Å². The maximum atomic E-state index is 12.7. The number of nitrogens with one attached hydrogen (secondary N) is 2. The zero-order valence-electron chi connectivity index (χ0n) is 13.7. The third-order valence-corrected chi connectivity index (χ3v) is 6.97. The van der Waals surface area contributed by atoms with Gasteiger partial charge in [-0.15, -0.1) is 0 Å². The molecule has 5 heteroatoms. The summed E-state index contributed by atoms with van der Waals surface area (Å²) in [6, 6.07) is 2.06. The summed E-state index contributed by atoms with van der Waals surface area (Å²) in [6.07, 6.45) is 8.73. The first kappa shape index (κ1) is 14.0. The number of H-pyrrole nitrogens is 1. The van der Waals surface area contributed by atoms with Crippen LogP contribution in [-0.2, 0) is 9.53 Å². The van der Waals surface area contributed by atoms with Gasteiger partial charge in [-0.1, -0.05) is 6.42 Å². The molecule has 2 saturated heterocycles. The van der Waals surface area contributed by atoms with Gasteiger partial charge in [0.2, 0.25) is 5.91 Å². The number of fused-ring (bicyclic) bond motifs is 4. The molecule has 5 nitrogen and oxygen atoms in total. The Bertz CT molecular complexity index is 642. The minimum atomic E-state index is -0.394. The number of carbonyl (C=O) groups excluding carboxylic acids is 1. The number of nitrogens with zero attached hydrogens (tertiary/aromatic N) is 1. The molecule has 2 saturated carbocycles. The molecule has 6 unspecified atom stereocenters. The highest BCUT2D eigenvalue weighted by Crippen LogP contribution is 2.52. The summed E-state index contributed by atoms with van der Waals surface area (Å²) in [5.74, 6) is 3.10. The topological polar surface area (TPSA) is 67.0 Å². The molecule has 2 N–H and O–H groups in total. The van der Waals surface area contributed by atoms with Crippen molar-refractivity contribution >= 4 is 11.7 Å². The molecule has 1 amide bonds. The Hall–Kier alpha value is -1.36. The number of amides is 1. The molecule has 4 aliphatic rings. The summed E-state index contributed by atoms with van der Waals surface area (Å²) in [5.41, 5.74) is 0.816. The van der Waals surface area contributed by atoms with Gasteiger partial charge in [0.25, 0.3) is 0 Å². The van der Waals surface area contributed by atoms with Gasteiger partial charge in [-0.3, -0.25) is 9.89 Å². The molecule has 1 aromatic rings. The van der Waals surface area contributed by atoms with Crippen LogP contribution in [0, 0.1) is 17.3 Å². The predicted octanol–water partition coefficient (Wildman–Crippen LogP) is 3.21. The molecule has 0 aromatic carbocycles. The molecular weight excluding hydrogens is 290 g/mol. The Labute approximate surface area is 136 Å². The zero-order chi connectivity index (χ0) is 15.6. The fourth-order valence-electron chi connectivity index (χ4n) is 5.64. The van der Waals surface area contributed by atoms with Crippen LogP contribution in [0.3, 0.4) is 0 Å². The van der Waals surface area contributed by atoms with Gasteiger partial charge >= 0.3 is 0 Å². The monoisotopic (exact) mass is 315 g/mol. The van der Waals surface area contributed by atoms with Gasteiger partial charge < -0.3 is 10.1 Å². The summed E-state index contributed by atoms with van der Waals surface area (Å²) in [6.45, 7) is 2.04. The molecule has 124 valence electrons. The summed E-state index contributed by atoms with van der Waals surface area (Å²) >= 11 is 0. The van der Waals surface area contributed by atoms with Crippen molar-refractivity contribution in [1.82, 2.24) is 10.2 Å². The molecule has 23 heavy (non-hydrogen) atoms. The second-order valence-electron chi connectivity index (χ2n) is 8.39. The predicted molar refractivity (Wildman–Crippen MR) is 86.0 cm³/mol. The van der Waals surface area contributed by atoms with Crippen molar-refractivity contribution in [1.29, 1.82) is 0 Å². The van der Waals surface area contributed by atoms with E-state index in [9.17, 15) is 4.79 Å². The number of hydrogen-bond donors (Lipinski definition) is 2. The van der Waals surface area contributed by atoms with E-state index in [2.05, 4.69) is 21.6 Å². The second-order valence-corrected chi connectivity index (χ2v) is 8.39. The average Bonchev–Trinajstić information content (AvgIpc) is 3.32. The molecule has 4 fully saturated rings. The number of aromatic nitrogens is 2. The van der Waals surface area contributed by atoms with Crippen LogP contribution in [0.5, 0.6) is 0 Å². The lowest BCUT2D eigenvalue weighted by Crippen LogP contribution is -2.41. The number of carbonyl (C=O) groups is 1. The van der Waals surface area contributed by atoms with Crippen LogP contribution in [0.15, 0.2) is 6.07 Å². The van der Waals surface area contributed by atoms with E-state index in [1.165, 1.54) is 31.4 Å². The molecule has 4 bridgehead atoms. The maximum Gasteiger partial charge on any atom is 0.234 e. The first-order valence-corrected chi connectivity index (χ1v) is 9.14. The third kappa shape index (κ3) is 2.09. The fraction of sp³-hybridized carbons (Fsp3) is 0.778. The molecule has 0 radical (unpaired) electrons. The number of aromatic amines is 1. The average molecular weight is 315 g/mol. The number of hydrogen-bond acceptors (Lipinski definition) is 3. The molecular formula is C18H25N3O2. The van der Waals surface area contributed by atoms with E-state index in [1.807, 2.05) is 6.92 Å². The maximum absolute atomic E-state index is 12.7. The van der Waals surface area contributed by atoms with Crippen molar-refractivity contribution in [2.45, 2.75) is 70.0 Å². The van der Waals surface area contributed by atoms with Crippen LogP contribution >= 0.6 is 0 Å². The zero-order valence-corrected chi connectivity index (χ0v) is 13.7. The molecule has 0 spiro atoms. The van der Waals surface area contributed by atoms with Gasteiger partial charge in [-0.2, -0.15) is 5.10 Å². The highest BCUT2D eigenvalue weighted by atomic mass is 16.5. The molecule has 5 rings (SSSR count). The molecule has 2 aliphatic carbocycles. The molecule has 6 atom stereocenters. The number of rotatable bonds is 3.